The van der Waals surface area contributed by atoms with E-state index >= 15 is 0 Å². The zero-order valence-electron chi connectivity index (χ0n) is 14.8. The van der Waals surface area contributed by atoms with Gasteiger partial charge in [0.05, 0.1) is 0 Å². The van der Waals surface area contributed by atoms with E-state index in [-0.39, 0.29) is 0 Å². The number of hydrogen-bond donors (Lipinski definition) is 0. The smallest absolute Gasteiger partial charge is 0.0169 e. The Bertz CT molecular complexity index is 268. The van der Waals surface area contributed by atoms with Gasteiger partial charge in [-0.05, 0) is 38.0 Å². The van der Waals surface area contributed by atoms with Crippen molar-refractivity contribution < 1.29 is 0 Å². The summed E-state index contributed by atoms with van der Waals surface area (Å²) in [7, 11) is 0. The van der Waals surface area contributed by atoms with Crippen molar-refractivity contribution >= 4 is 0 Å². The first-order valence-electron chi connectivity index (χ1n) is 9.22. The second-order valence-electron chi connectivity index (χ2n) is 6.39. The molecule has 0 heteroatoms. The van der Waals surface area contributed by atoms with Gasteiger partial charge < -0.3 is 0 Å². The lowest BCUT2D eigenvalue weighted by Crippen LogP contribution is -1.87. The lowest BCUT2D eigenvalue weighted by atomic mass is 10.0. The van der Waals surface area contributed by atoms with Crippen LogP contribution < -0.4 is 0 Å². The molecule has 0 saturated carbocycles. The Morgan fingerprint density at radius 2 is 1.14 bits per heavy atom. The lowest BCUT2D eigenvalue weighted by molar-refractivity contribution is 0.512. The summed E-state index contributed by atoms with van der Waals surface area (Å²) in [6.45, 7) is 6.82. The Labute approximate surface area is 134 Å². The van der Waals surface area contributed by atoms with Crippen molar-refractivity contribution in [2.24, 2.45) is 5.92 Å². The molecule has 0 heterocycles. The first-order chi connectivity index (χ1) is 10.3. The second kappa shape index (κ2) is 17.3. The molecule has 0 amide bonds. The van der Waals surface area contributed by atoms with Crippen LogP contribution >= 0.6 is 0 Å². The Kier molecular flexibility index (Phi) is 16.6. The van der Waals surface area contributed by atoms with Crippen molar-refractivity contribution in [1.82, 2.24) is 0 Å². The summed E-state index contributed by atoms with van der Waals surface area (Å²) in [6, 6.07) is 0. The van der Waals surface area contributed by atoms with Crippen LogP contribution in [0.4, 0.5) is 0 Å². The van der Waals surface area contributed by atoms with E-state index in [1.54, 1.807) is 0 Å². The predicted molar refractivity (Wildman–Crippen MR) is 98.7 cm³/mol. The van der Waals surface area contributed by atoms with Gasteiger partial charge >= 0.3 is 0 Å². The van der Waals surface area contributed by atoms with E-state index in [0.717, 1.165) is 25.2 Å². The fourth-order valence-electron chi connectivity index (χ4n) is 2.35. The van der Waals surface area contributed by atoms with Crippen molar-refractivity contribution in [2.45, 2.75) is 91.4 Å². The van der Waals surface area contributed by atoms with E-state index in [2.05, 4.69) is 57.2 Å². The van der Waals surface area contributed by atoms with E-state index < -0.39 is 0 Å². The van der Waals surface area contributed by atoms with E-state index in [0.29, 0.717) is 0 Å². The van der Waals surface area contributed by atoms with Crippen molar-refractivity contribution in [3.8, 4) is 0 Å². The van der Waals surface area contributed by atoms with Gasteiger partial charge in [-0.3, -0.25) is 0 Å². The Morgan fingerprint density at radius 3 is 1.76 bits per heavy atom. The Morgan fingerprint density at radius 1 is 0.619 bits per heavy atom. The number of allylic oxidation sites excluding steroid dienone is 6. The molecule has 0 N–H and O–H groups in total. The molecule has 0 unspecified atom stereocenters. The van der Waals surface area contributed by atoms with Crippen LogP contribution in [0.3, 0.4) is 0 Å². The topological polar surface area (TPSA) is 0 Å². The number of rotatable bonds is 14. The molecule has 0 radical (unpaired) electrons. The molecule has 0 bridgehead atoms. The van der Waals surface area contributed by atoms with Gasteiger partial charge in [0.15, 0.2) is 0 Å². The van der Waals surface area contributed by atoms with Crippen LogP contribution in [0, 0.1) is 5.92 Å². The summed E-state index contributed by atoms with van der Waals surface area (Å²) in [5, 5.41) is 0. The zero-order chi connectivity index (χ0) is 15.6. The highest BCUT2D eigenvalue weighted by Gasteiger charge is 1.94. The lowest BCUT2D eigenvalue weighted by Gasteiger charge is -2.03. The van der Waals surface area contributed by atoms with Gasteiger partial charge in [0.2, 0.25) is 0 Å². The highest BCUT2D eigenvalue weighted by Crippen LogP contribution is 2.12. The van der Waals surface area contributed by atoms with Crippen molar-refractivity contribution in [3.63, 3.8) is 0 Å². The molecule has 0 aromatic heterocycles. The molecular formula is C21H38. The molecule has 0 aliphatic heterocycles. The summed E-state index contributed by atoms with van der Waals surface area (Å²) in [5.74, 6) is 0.881. The van der Waals surface area contributed by atoms with Gasteiger partial charge in [-0.25, -0.2) is 0 Å². The summed E-state index contributed by atoms with van der Waals surface area (Å²) in [5.41, 5.74) is 0. The maximum absolute atomic E-state index is 2.35. The molecule has 0 aliphatic rings. The fourth-order valence-corrected chi connectivity index (χ4v) is 2.35. The van der Waals surface area contributed by atoms with Gasteiger partial charge in [-0.1, -0.05) is 95.8 Å². The van der Waals surface area contributed by atoms with Crippen LogP contribution in [0.2, 0.25) is 0 Å². The minimum Gasteiger partial charge on any atom is -0.0885 e. The van der Waals surface area contributed by atoms with E-state index in [1.807, 2.05) is 0 Å². The maximum Gasteiger partial charge on any atom is -0.0169 e. The second-order valence-corrected chi connectivity index (χ2v) is 6.39. The molecule has 21 heavy (non-hydrogen) atoms. The molecule has 0 saturated heterocycles. The third kappa shape index (κ3) is 19.2. The molecule has 0 atom stereocenters. The monoisotopic (exact) mass is 290 g/mol. The molecule has 0 aromatic carbocycles. The molecular weight excluding hydrogens is 252 g/mol. The molecule has 0 rings (SSSR count). The maximum atomic E-state index is 2.35. The summed E-state index contributed by atoms with van der Waals surface area (Å²) < 4.78 is 0. The average Bonchev–Trinajstić information content (AvgIpc) is 2.46. The molecule has 0 fully saturated rings. The van der Waals surface area contributed by atoms with Crippen LogP contribution in [0.5, 0.6) is 0 Å². The van der Waals surface area contributed by atoms with Crippen molar-refractivity contribution in [3.05, 3.63) is 36.5 Å². The highest BCUT2D eigenvalue weighted by atomic mass is 14.0. The predicted octanol–water partition coefficient (Wildman–Crippen LogP) is 7.62. The van der Waals surface area contributed by atoms with Crippen LogP contribution in [-0.4, -0.2) is 0 Å². The van der Waals surface area contributed by atoms with Crippen molar-refractivity contribution in [2.75, 3.05) is 0 Å². The highest BCUT2D eigenvalue weighted by molar-refractivity contribution is 4.96. The van der Waals surface area contributed by atoms with Gasteiger partial charge in [-0.15, -0.1) is 0 Å². The first-order valence-corrected chi connectivity index (χ1v) is 9.22. The summed E-state index contributed by atoms with van der Waals surface area (Å²) >= 11 is 0. The fraction of sp³-hybridized carbons (Fsp3) is 0.714. The van der Waals surface area contributed by atoms with Gasteiger partial charge in [0.1, 0.15) is 0 Å². The van der Waals surface area contributed by atoms with Crippen LogP contribution in [0.1, 0.15) is 91.4 Å². The molecule has 122 valence electrons. The summed E-state index contributed by atoms with van der Waals surface area (Å²) in [4.78, 5) is 0. The van der Waals surface area contributed by atoms with E-state index in [1.165, 1.54) is 51.4 Å². The van der Waals surface area contributed by atoms with Crippen molar-refractivity contribution in [1.29, 1.82) is 0 Å². The average molecular weight is 291 g/mol. The van der Waals surface area contributed by atoms with Crippen LogP contribution in [0.25, 0.3) is 0 Å². The minimum atomic E-state index is 0.881. The normalized spacial score (nSPS) is 12.6. The van der Waals surface area contributed by atoms with Gasteiger partial charge in [0, 0.05) is 0 Å². The quantitative estimate of drug-likeness (QED) is 0.228. The first kappa shape index (κ1) is 20.2. The summed E-state index contributed by atoms with van der Waals surface area (Å²) in [6.07, 6.45) is 28.1. The van der Waals surface area contributed by atoms with Gasteiger partial charge in [0.25, 0.3) is 0 Å². The minimum absolute atomic E-state index is 0.881. The van der Waals surface area contributed by atoms with Crippen LogP contribution in [0.15, 0.2) is 36.5 Å². The molecule has 0 aromatic rings. The Balaban J connectivity index is 3.20. The Hall–Kier alpha value is -0.780. The zero-order valence-corrected chi connectivity index (χ0v) is 14.8. The standard InChI is InChI=1S/C21H38/c1-4-5-6-7-8-9-10-11-12-13-14-15-16-17-18-19-20-21(2)3/h5-6,8-9,11-12,21H,4,7,10,13-20H2,1-3H3/b6-5+,9-8+,12-11+. The number of hydrogen-bond acceptors (Lipinski definition) is 0. The molecule has 0 nitrogen and oxygen atoms in total. The SMILES string of the molecule is CC/C=C/C/C=C/C/C=C/CCCCCCCCC(C)C. The molecule has 0 aliphatic carbocycles. The van der Waals surface area contributed by atoms with Gasteiger partial charge in [-0.2, -0.15) is 0 Å². The van der Waals surface area contributed by atoms with Crippen LogP contribution in [-0.2, 0) is 0 Å². The third-order valence-electron chi connectivity index (χ3n) is 3.68. The third-order valence-corrected chi connectivity index (χ3v) is 3.68. The van der Waals surface area contributed by atoms with E-state index in [9.17, 15) is 0 Å². The largest absolute Gasteiger partial charge is 0.0885 e. The number of unbranched alkanes of at least 4 members (excludes halogenated alkanes) is 6. The molecule has 0 spiro atoms. The van der Waals surface area contributed by atoms with E-state index in [4.69, 9.17) is 0 Å².